The van der Waals surface area contributed by atoms with E-state index in [1.807, 2.05) is 18.2 Å². The highest BCUT2D eigenvalue weighted by molar-refractivity contribution is 7.80. The molecular weight excluding hydrogens is 271 g/mol. The molecular formula is C14H12Cl2S. The fourth-order valence-corrected chi connectivity index (χ4v) is 2.37. The minimum Gasteiger partial charge on any atom is -0.0843 e. The van der Waals surface area contributed by atoms with Crippen molar-refractivity contribution in [1.29, 1.82) is 0 Å². The maximum absolute atomic E-state index is 5.98. The van der Waals surface area contributed by atoms with Crippen molar-refractivity contribution in [1.82, 2.24) is 0 Å². The van der Waals surface area contributed by atoms with Gasteiger partial charge < -0.3 is 0 Å². The first-order chi connectivity index (χ1) is 8.16. The summed E-state index contributed by atoms with van der Waals surface area (Å²) in [5, 5.41) is 1.22. The van der Waals surface area contributed by atoms with Crippen LogP contribution in [0.3, 0.4) is 0 Å². The van der Waals surface area contributed by atoms with Gasteiger partial charge in [0.15, 0.2) is 0 Å². The van der Waals surface area contributed by atoms with E-state index in [1.165, 1.54) is 11.1 Å². The van der Waals surface area contributed by atoms with Gasteiger partial charge in [0, 0.05) is 11.3 Å². The molecule has 2 rings (SSSR count). The molecule has 0 aromatic heterocycles. The van der Waals surface area contributed by atoms with Crippen molar-refractivity contribution < 1.29 is 0 Å². The van der Waals surface area contributed by atoms with Crippen LogP contribution in [0.5, 0.6) is 0 Å². The van der Waals surface area contributed by atoms with Crippen LogP contribution in [0.1, 0.15) is 18.4 Å². The highest BCUT2D eigenvalue weighted by Gasteiger charge is 2.07. The largest absolute Gasteiger partial charge is 0.0843 e. The van der Waals surface area contributed by atoms with Crippen molar-refractivity contribution in [2.75, 3.05) is 0 Å². The van der Waals surface area contributed by atoms with Crippen molar-refractivity contribution in [3.05, 3.63) is 57.6 Å². The normalized spacial score (nSPS) is 14.9. The Morgan fingerprint density at radius 3 is 2.65 bits per heavy atom. The first kappa shape index (κ1) is 12.8. The summed E-state index contributed by atoms with van der Waals surface area (Å²) in [6, 6.07) is 5.77. The zero-order chi connectivity index (χ0) is 12.3. The molecule has 0 saturated heterocycles. The Morgan fingerprint density at radius 2 is 1.94 bits per heavy atom. The third-order valence-electron chi connectivity index (χ3n) is 2.76. The van der Waals surface area contributed by atoms with Gasteiger partial charge in [-0.3, -0.25) is 0 Å². The fraction of sp³-hybridized carbons (Fsp3) is 0.214. The summed E-state index contributed by atoms with van der Waals surface area (Å²) in [4.78, 5) is 1.05. The van der Waals surface area contributed by atoms with Crippen LogP contribution < -0.4 is 0 Å². The number of aryl methyl sites for hydroxylation is 1. The van der Waals surface area contributed by atoms with Gasteiger partial charge in [-0.2, -0.15) is 0 Å². The molecule has 17 heavy (non-hydrogen) atoms. The number of thiocarbonyl (C=S) groups is 1. The molecule has 0 nitrogen and oxygen atoms in total. The Morgan fingerprint density at radius 1 is 1.12 bits per heavy atom. The van der Waals surface area contributed by atoms with Gasteiger partial charge in [-0.05, 0) is 36.1 Å². The molecule has 0 amide bonds. The Balaban J connectivity index is 2.02. The molecule has 1 aliphatic rings. The SMILES string of the molecule is S=C1CC=CC=C1CCc1ccc(Cl)c(Cl)c1. The van der Waals surface area contributed by atoms with Crippen molar-refractivity contribution >= 4 is 40.3 Å². The van der Waals surface area contributed by atoms with E-state index < -0.39 is 0 Å². The molecule has 1 aromatic rings. The molecule has 0 unspecified atom stereocenters. The zero-order valence-electron chi connectivity index (χ0n) is 9.25. The summed E-state index contributed by atoms with van der Waals surface area (Å²) < 4.78 is 0. The van der Waals surface area contributed by atoms with E-state index in [4.69, 9.17) is 35.4 Å². The lowest BCUT2D eigenvalue weighted by Gasteiger charge is -2.10. The summed E-state index contributed by atoms with van der Waals surface area (Å²) in [7, 11) is 0. The lowest BCUT2D eigenvalue weighted by Crippen LogP contribution is -2.02. The molecule has 0 radical (unpaired) electrons. The van der Waals surface area contributed by atoms with E-state index >= 15 is 0 Å². The van der Waals surface area contributed by atoms with E-state index in [0.717, 1.165) is 24.1 Å². The fourth-order valence-electron chi connectivity index (χ4n) is 1.78. The predicted octanol–water partition coefficient (Wildman–Crippen LogP) is 5.18. The summed E-state index contributed by atoms with van der Waals surface area (Å²) >= 11 is 17.2. The lowest BCUT2D eigenvalue weighted by atomic mass is 9.98. The lowest BCUT2D eigenvalue weighted by molar-refractivity contribution is 0.973. The van der Waals surface area contributed by atoms with Crippen LogP contribution in [0.2, 0.25) is 10.0 Å². The highest BCUT2D eigenvalue weighted by Crippen LogP contribution is 2.24. The molecule has 1 aliphatic carbocycles. The van der Waals surface area contributed by atoms with Gasteiger partial charge in [-0.15, -0.1) is 0 Å². The van der Waals surface area contributed by atoms with Crippen molar-refractivity contribution in [3.8, 4) is 0 Å². The van der Waals surface area contributed by atoms with Gasteiger partial charge in [0.25, 0.3) is 0 Å². The second-order valence-corrected chi connectivity index (χ2v) is 5.30. The Hall–Kier alpha value is -0.630. The van der Waals surface area contributed by atoms with Crippen LogP contribution in [0.25, 0.3) is 0 Å². The average Bonchev–Trinajstić information content (AvgIpc) is 2.32. The number of benzene rings is 1. The van der Waals surface area contributed by atoms with E-state index in [1.54, 1.807) is 0 Å². The van der Waals surface area contributed by atoms with Gasteiger partial charge in [0.1, 0.15) is 0 Å². The second-order valence-electron chi connectivity index (χ2n) is 4.00. The smallest absolute Gasteiger partial charge is 0.0595 e. The molecule has 0 aliphatic heterocycles. The number of hydrogen-bond acceptors (Lipinski definition) is 1. The van der Waals surface area contributed by atoms with Crippen LogP contribution in [-0.4, -0.2) is 4.86 Å². The number of allylic oxidation sites excluding steroid dienone is 4. The maximum Gasteiger partial charge on any atom is 0.0595 e. The Labute approximate surface area is 117 Å². The molecule has 0 fully saturated rings. The molecule has 3 heteroatoms. The highest BCUT2D eigenvalue weighted by atomic mass is 35.5. The van der Waals surface area contributed by atoms with Crippen LogP contribution in [0.4, 0.5) is 0 Å². The van der Waals surface area contributed by atoms with Gasteiger partial charge in [-0.1, -0.05) is 59.7 Å². The topological polar surface area (TPSA) is 0 Å². The minimum absolute atomic E-state index is 0.603. The van der Waals surface area contributed by atoms with Crippen molar-refractivity contribution in [2.45, 2.75) is 19.3 Å². The monoisotopic (exact) mass is 282 g/mol. The Bertz CT molecular complexity index is 501. The third kappa shape index (κ3) is 3.41. The van der Waals surface area contributed by atoms with Crippen LogP contribution in [-0.2, 0) is 6.42 Å². The molecule has 0 N–H and O–H groups in total. The van der Waals surface area contributed by atoms with Gasteiger partial charge in [0.05, 0.1) is 10.0 Å². The quantitative estimate of drug-likeness (QED) is 0.688. The maximum atomic E-state index is 5.98. The van der Waals surface area contributed by atoms with E-state index in [2.05, 4.69) is 18.2 Å². The summed E-state index contributed by atoms with van der Waals surface area (Å²) in [5.41, 5.74) is 2.45. The van der Waals surface area contributed by atoms with Crippen LogP contribution >= 0.6 is 35.4 Å². The van der Waals surface area contributed by atoms with Gasteiger partial charge >= 0.3 is 0 Å². The molecule has 0 spiro atoms. The molecule has 0 saturated carbocycles. The average molecular weight is 283 g/mol. The van der Waals surface area contributed by atoms with Gasteiger partial charge in [-0.25, -0.2) is 0 Å². The minimum atomic E-state index is 0.603. The predicted molar refractivity (Wildman–Crippen MR) is 79.2 cm³/mol. The molecule has 0 bridgehead atoms. The summed E-state index contributed by atoms with van der Waals surface area (Å²) in [6.07, 6.45) is 9.05. The molecule has 1 aromatic carbocycles. The number of rotatable bonds is 3. The zero-order valence-corrected chi connectivity index (χ0v) is 11.6. The van der Waals surface area contributed by atoms with Crippen LogP contribution in [0, 0.1) is 0 Å². The van der Waals surface area contributed by atoms with Gasteiger partial charge in [0.2, 0.25) is 0 Å². The van der Waals surface area contributed by atoms with E-state index in [9.17, 15) is 0 Å². The van der Waals surface area contributed by atoms with Crippen LogP contribution in [0.15, 0.2) is 42.0 Å². The van der Waals surface area contributed by atoms with E-state index in [0.29, 0.717) is 10.0 Å². The standard InChI is InChI=1S/C14H12Cl2S/c15-12-8-6-10(9-13(12)16)5-7-11-3-1-2-4-14(11)17/h1-3,6,8-9H,4-5,7H2. The number of halogens is 2. The first-order valence-electron chi connectivity index (χ1n) is 5.49. The van der Waals surface area contributed by atoms with Crippen molar-refractivity contribution in [3.63, 3.8) is 0 Å². The molecule has 0 atom stereocenters. The Kier molecular flexibility index (Phi) is 4.38. The molecule has 88 valence electrons. The van der Waals surface area contributed by atoms with Crippen molar-refractivity contribution in [2.24, 2.45) is 0 Å². The summed E-state index contributed by atoms with van der Waals surface area (Å²) in [5.74, 6) is 0. The third-order valence-corrected chi connectivity index (χ3v) is 3.93. The second kappa shape index (κ2) is 5.81. The first-order valence-corrected chi connectivity index (χ1v) is 6.66. The number of hydrogen-bond donors (Lipinski definition) is 0. The van der Waals surface area contributed by atoms with E-state index in [-0.39, 0.29) is 0 Å². The summed E-state index contributed by atoms with van der Waals surface area (Å²) in [6.45, 7) is 0. The molecule has 0 heterocycles.